The zero-order valence-electron chi connectivity index (χ0n) is 11.7. The van der Waals surface area contributed by atoms with Gasteiger partial charge < -0.3 is 5.32 Å². The van der Waals surface area contributed by atoms with Gasteiger partial charge in [-0.3, -0.25) is 4.21 Å². The first kappa shape index (κ1) is 15.0. The Morgan fingerprint density at radius 1 is 1.00 bits per heavy atom. The number of benzene rings is 1. The van der Waals surface area contributed by atoms with E-state index < -0.39 is 20.8 Å². The maximum atomic E-state index is 12.4. The van der Waals surface area contributed by atoms with Crippen LogP contribution in [0.5, 0.6) is 0 Å². The number of sulfonamides is 1. The van der Waals surface area contributed by atoms with Gasteiger partial charge in [0.1, 0.15) is 4.90 Å². The number of nitrogens with one attached hydrogen (secondary N) is 2. The molecule has 1 aromatic rings. The van der Waals surface area contributed by atoms with Crippen LogP contribution in [0.15, 0.2) is 29.2 Å². The van der Waals surface area contributed by atoms with Crippen molar-refractivity contribution in [3.8, 4) is 0 Å². The van der Waals surface area contributed by atoms with Gasteiger partial charge in [-0.05, 0) is 37.8 Å². The first-order chi connectivity index (χ1) is 10.0. The Balaban J connectivity index is 1.77. The van der Waals surface area contributed by atoms with Gasteiger partial charge in [-0.15, -0.1) is 0 Å². The minimum absolute atomic E-state index is 0.0974. The van der Waals surface area contributed by atoms with E-state index in [0.29, 0.717) is 22.1 Å². The summed E-state index contributed by atoms with van der Waals surface area (Å²) in [7, 11) is -4.17. The summed E-state index contributed by atoms with van der Waals surface area (Å²) in [5.74, 6) is 1.37. The third kappa shape index (κ3) is 3.84. The van der Waals surface area contributed by atoms with Crippen molar-refractivity contribution in [2.75, 3.05) is 16.8 Å². The number of hydrogen-bond donors (Lipinski definition) is 2. The summed E-state index contributed by atoms with van der Waals surface area (Å²) in [4.78, 5) is 0.309. The van der Waals surface area contributed by atoms with E-state index in [1.54, 1.807) is 18.2 Å². The second-order valence-corrected chi connectivity index (χ2v) is 9.04. The highest BCUT2D eigenvalue weighted by Gasteiger charge is 2.29. The van der Waals surface area contributed by atoms with Crippen LogP contribution in [0.2, 0.25) is 0 Å². The fourth-order valence-electron chi connectivity index (χ4n) is 2.46. The van der Waals surface area contributed by atoms with Crippen LogP contribution in [0.4, 0.5) is 5.69 Å². The van der Waals surface area contributed by atoms with Crippen LogP contribution in [0, 0.1) is 0 Å². The summed E-state index contributed by atoms with van der Waals surface area (Å²) in [6.07, 6.45) is 3.47. The molecule has 21 heavy (non-hydrogen) atoms. The topological polar surface area (TPSA) is 75.3 Å². The average molecular weight is 328 g/mol. The monoisotopic (exact) mass is 328 g/mol. The van der Waals surface area contributed by atoms with Crippen molar-refractivity contribution in [3.05, 3.63) is 24.3 Å². The average Bonchev–Trinajstić information content (AvgIpc) is 3.25. The van der Waals surface area contributed by atoms with Crippen molar-refractivity contribution < 1.29 is 12.6 Å². The smallest absolute Gasteiger partial charge is 0.242 e. The van der Waals surface area contributed by atoms with Crippen LogP contribution in [-0.2, 0) is 20.8 Å². The SMILES string of the molecule is O=S1CCC(Nc2ccccc2S(=O)(=O)NC2CC2)CC1. The minimum atomic E-state index is -3.46. The van der Waals surface area contributed by atoms with Crippen molar-refractivity contribution in [2.45, 2.75) is 42.7 Å². The fourth-order valence-corrected chi connectivity index (χ4v) is 5.24. The van der Waals surface area contributed by atoms with Crippen molar-refractivity contribution in [3.63, 3.8) is 0 Å². The van der Waals surface area contributed by atoms with Crippen LogP contribution in [0.3, 0.4) is 0 Å². The number of hydrogen-bond acceptors (Lipinski definition) is 4. The Hall–Kier alpha value is -0.920. The van der Waals surface area contributed by atoms with Crippen molar-refractivity contribution in [1.29, 1.82) is 0 Å². The van der Waals surface area contributed by atoms with Crippen LogP contribution in [-0.4, -0.2) is 36.2 Å². The molecule has 5 nitrogen and oxygen atoms in total. The van der Waals surface area contributed by atoms with Crippen molar-refractivity contribution in [2.24, 2.45) is 0 Å². The first-order valence-corrected chi connectivity index (χ1v) is 10.2. The summed E-state index contributed by atoms with van der Waals surface area (Å²) in [5.41, 5.74) is 0.642. The highest BCUT2D eigenvalue weighted by Crippen LogP contribution is 2.27. The second-order valence-electron chi connectivity index (χ2n) is 5.66. The van der Waals surface area contributed by atoms with Crippen LogP contribution in [0.25, 0.3) is 0 Å². The molecule has 0 bridgehead atoms. The fraction of sp³-hybridized carbons (Fsp3) is 0.571. The number of rotatable bonds is 5. The summed E-state index contributed by atoms with van der Waals surface area (Å²) in [6.45, 7) is 0. The molecule has 7 heteroatoms. The van der Waals surface area contributed by atoms with E-state index in [1.165, 1.54) is 0 Å². The molecule has 0 amide bonds. The highest BCUT2D eigenvalue weighted by atomic mass is 32.2. The van der Waals surface area contributed by atoms with Gasteiger partial charge in [0.25, 0.3) is 0 Å². The lowest BCUT2D eigenvalue weighted by molar-refractivity contribution is 0.580. The molecule has 0 atom stereocenters. The van der Waals surface area contributed by atoms with E-state index in [1.807, 2.05) is 6.07 Å². The molecule has 116 valence electrons. The van der Waals surface area contributed by atoms with Gasteiger partial charge in [-0.25, -0.2) is 13.1 Å². The molecule has 1 aliphatic carbocycles. The lowest BCUT2D eigenvalue weighted by atomic mass is 10.1. The normalized spacial score (nSPS) is 26.5. The second kappa shape index (κ2) is 6.06. The molecule has 2 aliphatic rings. The first-order valence-electron chi connectivity index (χ1n) is 7.27. The lowest BCUT2D eigenvalue weighted by Gasteiger charge is -2.24. The Morgan fingerprint density at radius 3 is 2.33 bits per heavy atom. The van der Waals surface area contributed by atoms with Crippen molar-refractivity contribution in [1.82, 2.24) is 4.72 Å². The summed E-state index contributed by atoms with van der Waals surface area (Å²) < 4.78 is 38.9. The van der Waals surface area contributed by atoms with Gasteiger partial charge in [-0.1, -0.05) is 12.1 Å². The Labute approximate surface area is 128 Å². The van der Waals surface area contributed by atoms with Gasteiger partial charge in [0.2, 0.25) is 10.0 Å². The van der Waals surface area contributed by atoms with E-state index in [2.05, 4.69) is 10.0 Å². The van der Waals surface area contributed by atoms with E-state index in [-0.39, 0.29) is 12.1 Å². The standard InChI is InChI=1S/C14H20N2O3S2/c17-20-9-7-11(8-10-20)15-13-3-1-2-4-14(13)21(18,19)16-12-5-6-12/h1-4,11-12,15-16H,5-10H2. The Morgan fingerprint density at radius 2 is 1.67 bits per heavy atom. The zero-order chi connectivity index (χ0) is 14.9. The van der Waals surface area contributed by atoms with Gasteiger partial charge in [0, 0.05) is 34.4 Å². The molecular formula is C14H20N2O3S2. The van der Waals surface area contributed by atoms with Crippen LogP contribution >= 0.6 is 0 Å². The molecule has 2 fully saturated rings. The molecule has 1 saturated carbocycles. The molecule has 0 radical (unpaired) electrons. The molecule has 1 heterocycles. The van der Waals surface area contributed by atoms with Gasteiger partial charge in [-0.2, -0.15) is 0 Å². The van der Waals surface area contributed by atoms with Crippen LogP contribution in [0.1, 0.15) is 25.7 Å². The van der Waals surface area contributed by atoms with E-state index in [0.717, 1.165) is 25.7 Å². The van der Waals surface area contributed by atoms with Gasteiger partial charge in [0.05, 0.1) is 5.69 Å². The molecule has 2 N–H and O–H groups in total. The molecule has 0 spiro atoms. The molecule has 0 unspecified atom stereocenters. The number of anilines is 1. The molecular weight excluding hydrogens is 308 g/mol. The van der Waals surface area contributed by atoms with Crippen LogP contribution < -0.4 is 10.0 Å². The molecule has 1 aliphatic heterocycles. The lowest BCUT2D eigenvalue weighted by Crippen LogP contribution is -2.31. The Bertz CT molecular complexity index is 631. The molecule has 0 aromatic heterocycles. The molecule has 3 rings (SSSR count). The van der Waals surface area contributed by atoms with E-state index >= 15 is 0 Å². The van der Waals surface area contributed by atoms with Gasteiger partial charge >= 0.3 is 0 Å². The highest BCUT2D eigenvalue weighted by molar-refractivity contribution is 7.89. The largest absolute Gasteiger partial charge is 0.381 e. The number of para-hydroxylation sites is 1. The summed E-state index contributed by atoms with van der Waals surface area (Å²) >= 11 is 0. The quantitative estimate of drug-likeness (QED) is 0.858. The summed E-state index contributed by atoms with van der Waals surface area (Å²) in [5, 5.41) is 3.32. The predicted molar refractivity (Wildman–Crippen MR) is 84.3 cm³/mol. The molecule has 1 saturated heterocycles. The maximum Gasteiger partial charge on any atom is 0.242 e. The van der Waals surface area contributed by atoms with E-state index in [4.69, 9.17) is 0 Å². The third-order valence-electron chi connectivity index (χ3n) is 3.82. The minimum Gasteiger partial charge on any atom is -0.381 e. The third-order valence-corrected chi connectivity index (χ3v) is 6.78. The predicted octanol–water partition coefficient (Wildman–Crippen LogP) is 1.45. The zero-order valence-corrected chi connectivity index (χ0v) is 13.4. The maximum absolute atomic E-state index is 12.4. The van der Waals surface area contributed by atoms with E-state index in [9.17, 15) is 12.6 Å². The summed E-state index contributed by atoms with van der Waals surface area (Å²) in [6, 6.07) is 7.29. The Kier molecular flexibility index (Phi) is 4.33. The van der Waals surface area contributed by atoms with Crippen molar-refractivity contribution >= 4 is 26.5 Å². The molecule has 1 aromatic carbocycles. The van der Waals surface area contributed by atoms with Gasteiger partial charge in [0.15, 0.2) is 0 Å².